The van der Waals surface area contributed by atoms with Crippen LogP contribution >= 0.6 is 0 Å². The molecule has 12 nitrogen and oxygen atoms in total. The van der Waals surface area contributed by atoms with Crippen molar-refractivity contribution in [3.63, 3.8) is 0 Å². The van der Waals surface area contributed by atoms with Gasteiger partial charge in [-0.1, -0.05) is 25.1 Å². The zero-order valence-electron chi connectivity index (χ0n) is 20.2. The standard InChI is InChI=1S/C23H28N4O8S2/c1-3-21(28)26-36(31,32)19-6-4-5-15(11-19)7-10-22(29)27-14-17-12-18(25-37(33,34)35)9-8-16(17)13-20(27)23(30)24-2/h4-6,8-9,11-12,20,25H,3,7,10,13-14H2,1-2H3,(H,24,30)(H,26,28)(H,33,34,35). The molecule has 0 spiro atoms. The first-order valence-corrected chi connectivity index (χ1v) is 14.3. The second kappa shape index (κ2) is 11.3. The normalized spacial score (nSPS) is 15.4. The average Bonchev–Trinajstić information content (AvgIpc) is 2.84. The van der Waals surface area contributed by atoms with Gasteiger partial charge in [-0.05, 0) is 47.4 Å². The maximum Gasteiger partial charge on any atom is 0.357 e. The van der Waals surface area contributed by atoms with E-state index < -0.39 is 32.3 Å². The number of nitrogens with one attached hydrogen (secondary N) is 3. The largest absolute Gasteiger partial charge is 0.357 e. The lowest BCUT2D eigenvalue weighted by Crippen LogP contribution is -2.52. The lowest BCUT2D eigenvalue weighted by molar-refractivity contribution is -0.141. The van der Waals surface area contributed by atoms with Gasteiger partial charge in [0, 0.05) is 32.9 Å². The fourth-order valence-corrected chi connectivity index (χ4v) is 5.55. The molecule has 1 heterocycles. The van der Waals surface area contributed by atoms with E-state index in [1.165, 1.54) is 49.2 Å². The molecule has 0 radical (unpaired) electrons. The number of benzene rings is 2. The first-order valence-electron chi connectivity index (χ1n) is 11.4. The van der Waals surface area contributed by atoms with Crippen molar-refractivity contribution in [1.29, 1.82) is 0 Å². The number of carbonyl (C=O) groups excluding carboxylic acids is 3. The number of amides is 3. The second-order valence-electron chi connectivity index (χ2n) is 8.45. The highest BCUT2D eigenvalue weighted by Gasteiger charge is 2.34. The average molecular weight is 553 g/mol. The molecule has 1 aliphatic rings. The van der Waals surface area contributed by atoms with Crippen molar-refractivity contribution in [2.24, 2.45) is 0 Å². The van der Waals surface area contributed by atoms with E-state index in [4.69, 9.17) is 4.55 Å². The molecule has 3 rings (SSSR count). The van der Waals surface area contributed by atoms with Gasteiger partial charge in [-0.15, -0.1) is 0 Å². The third kappa shape index (κ3) is 7.27. The lowest BCUT2D eigenvalue weighted by atomic mass is 9.92. The summed E-state index contributed by atoms with van der Waals surface area (Å²) in [5, 5.41) is 2.55. The van der Waals surface area contributed by atoms with E-state index in [1.807, 2.05) is 9.44 Å². The first-order chi connectivity index (χ1) is 17.3. The van der Waals surface area contributed by atoms with Crippen LogP contribution in [0.2, 0.25) is 0 Å². The number of hydrogen-bond donors (Lipinski definition) is 4. The molecule has 4 N–H and O–H groups in total. The molecule has 2 aromatic rings. The molecule has 1 atom stereocenters. The molecule has 1 aliphatic heterocycles. The molecule has 0 bridgehead atoms. The Hall–Kier alpha value is -3.49. The Balaban J connectivity index is 1.79. The van der Waals surface area contributed by atoms with Crippen LogP contribution in [0.5, 0.6) is 0 Å². The van der Waals surface area contributed by atoms with Gasteiger partial charge in [0.1, 0.15) is 6.04 Å². The molecular formula is C23H28N4O8S2. The van der Waals surface area contributed by atoms with Crippen LogP contribution in [0.3, 0.4) is 0 Å². The summed E-state index contributed by atoms with van der Waals surface area (Å²) < 4.78 is 60.1. The van der Waals surface area contributed by atoms with Gasteiger partial charge in [-0.2, -0.15) is 8.42 Å². The number of nitrogens with zero attached hydrogens (tertiary/aromatic N) is 1. The summed E-state index contributed by atoms with van der Waals surface area (Å²) in [6, 6.07) is 9.68. The molecule has 3 amide bonds. The summed E-state index contributed by atoms with van der Waals surface area (Å²) in [6.45, 7) is 1.56. The Kier molecular flexibility index (Phi) is 8.56. The van der Waals surface area contributed by atoms with Crippen LogP contribution in [0.15, 0.2) is 47.4 Å². The van der Waals surface area contributed by atoms with Gasteiger partial charge in [0.25, 0.3) is 10.0 Å². The summed E-state index contributed by atoms with van der Waals surface area (Å²) in [6.07, 6.45) is 0.360. The predicted octanol–water partition coefficient (Wildman–Crippen LogP) is 0.748. The molecule has 0 saturated carbocycles. The number of carbonyl (C=O) groups is 3. The summed E-state index contributed by atoms with van der Waals surface area (Å²) in [5.41, 5.74) is 2.03. The van der Waals surface area contributed by atoms with E-state index in [2.05, 4.69) is 5.32 Å². The Morgan fingerprint density at radius 3 is 2.43 bits per heavy atom. The van der Waals surface area contributed by atoms with Crippen molar-refractivity contribution in [2.45, 2.75) is 50.1 Å². The van der Waals surface area contributed by atoms with Crippen LogP contribution in [0.1, 0.15) is 36.5 Å². The van der Waals surface area contributed by atoms with E-state index in [9.17, 15) is 31.2 Å². The molecular weight excluding hydrogens is 524 g/mol. The van der Waals surface area contributed by atoms with E-state index in [-0.39, 0.29) is 54.6 Å². The molecule has 2 aromatic carbocycles. The minimum Gasteiger partial charge on any atom is -0.357 e. The number of sulfonamides is 1. The summed E-state index contributed by atoms with van der Waals surface area (Å²) in [4.78, 5) is 38.6. The second-order valence-corrected chi connectivity index (χ2v) is 11.3. The highest BCUT2D eigenvalue weighted by molar-refractivity contribution is 7.90. The molecule has 200 valence electrons. The SMILES string of the molecule is CCC(=O)NS(=O)(=O)c1cccc(CCC(=O)N2Cc3cc(NS(=O)(=O)O)ccc3CC2C(=O)NC)c1. The number of hydrogen-bond acceptors (Lipinski definition) is 7. The highest BCUT2D eigenvalue weighted by atomic mass is 32.2. The van der Waals surface area contributed by atoms with Crippen LogP contribution in [0, 0.1) is 0 Å². The van der Waals surface area contributed by atoms with Crippen molar-refractivity contribution in [3.8, 4) is 0 Å². The Labute approximate surface area is 215 Å². The van der Waals surface area contributed by atoms with Crippen molar-refractivity contribution in [2.75, 3.05) is 11.8 Å². The molecule has 14 heteroatoms. The van der Waals surface area contributed by atoms with E-state index in [1.54, 1.807) is 12.1 Å². The van der Waals surface area contributed by atoms with Crippen molar-refractivity contribution >= 4 is 43.7 Å². The molecule has 0 saturated heterocycles. The van der Waals surface area contributed by atoms with Gasteiger partial charge in [0.15, 0.2) is 0 Å². The van der Waals surface area contributed by atoms with E-state index >= 15 is 0 Å². The highest BCUT2D eigenvalue weighted by Crippen LogP contribution is 2.27. The van der Waals surface area contributed by atoms with Gasteiger partial charge < -0.3 is 10.2 Å². The monoisotopic (exact) mass is 552 g/mol. The fraction of sp³-hybridized carbons (Fsp3) is 0.348. The minimum atomic E-state index is -4.48. The zero-order chi connectivity index (χ0) is 27.4. The third-order valence-corrected chi connectivity index (χ3v) is 7.72. The molecule has 1 unspecified atom stereocenters. The number of aryl methyl sites for hydroxylation is 1. The van der Waals surface area contributed by atoms with Crippen LogP contribution in [0.4, 0.5) is 5.69 Å². The number of anilines is 1. The summed E-state index contributed by atoms with van der Waals surface area (Å²) in [5.74, 6) is -1.36. The maximum absolute atomic E-state index is 13.2. The van der Waals surface area contributed by atoms with Crippen molar-refractivity contribution in [1.82, 2.24) is 14.9 Å². The van der Waals surface area contributed by atoms with Crippen LogP contribution < -0.4 is 14.8 Å². The minimum absolute atomic E-state index is 0.00621. The molecule has 0 aliphatic carbocycles. The predicted molar refractivity (Wildman–Crippen MR) is 134 cm³/mol. The maximum atomic E-state index is 13.2. The number of fused-ring (bicyclic) bond motifs is 1. The lowest BCUT2D eigenvalue weighted by Gasteiger charge is -2.36. The fourth-order valence-electron chi connectivity index (χ4n) is 4.00. The van der Waals surface area contributed by atoms with Gasteiger partial charge in [0.05, 0.1) is 10.6 Å². The van der Waals surface area contributed by atoms with E-state index in [0.29, 0.717) is 11.1 Å². The first kappa shape index (κ1) is 28.1. The number of likely N-dealkylation sites (N-methyl/N-ethyl adjacent to an activating group) is 1. The Morgan fingerprint density at radius 1 is 1.05 bits per heavy atom. The number of rotatable bonds is 9. The van der Waals surface area contributed by atoms with Crippen molar-refractivity contribution in [3.05, 3.63) is 59.2 Å². The van der Waals surface area contributed by atoms with Crippen LogP contribution in [-0.2, 0) is 54.1 Å². The van der Waals surface area contributed by atoms with Crippen LogP contribution in [-0.4, -0.2) is 57.1 Å². The van der Waals surface area contributed by atoms with E-state index in [0.717, 1.165) is 5.56 Å². The van der Waals surface area contributed by atoms with Gasteiger partial charge in [-0.25, -0.2) is 13.1 Å². The van der Waals surface area contributed by atoms with Crippen LogP contribution in [0.25, 0.3) is 0 Å². The van der Waals surface area contributed by atoms with Gasteiger partial charge in [0.2, 0.25) is 17.7 Å². The topological polar surface area (TPSA) is 179 Å². The van der Waals surface area contributed by atoms with Gasteiger partial charge in [-0.3, -0.25) is 23.7 Å². The summed E-state index contributed by atoms with van der Waals surface area (Å²) >= 11 is 0. The quantitative estimate of drug-likeness (QED) is 0.329. The summed E-state index contributed by atoms with van der Waals surface area (Å²) in [7, 11) is -7.06. The molecule has 37 heavy (non-hydrogen) atoms. The Morgan fingerprint density at radius 2 is 1.78 bits per heavy atom. The molecule has 0 fully saturated rings. The third-order valence-electron chi connectivity index (χ3n) is 5.86. The smallest absolute Gasteiger partial charge is 0.357 e. The molecule has 0 aromatic heterocycles. The van der Waals surface area contributed by atoms with Crippen molar-refractivity contribution < 1.29 is 35.8 Å². The zero-order valence-corrected chi connectivity index (χ0v) is 21.9. The van der Waals surface area contributed by atoms with Gasteiger partial charge >= 0.3 is 10.3 Å². The Bertz CT molecular complexity index is 1420.